The van der Waals surface area contributed by atoms with Crippen molar-refractivity contribution >= 4 is 17.3 Å². The van der Waals surface area contributed by atoms with E-state index in [-0.39, 0.29) is 17.7 Å². The van der Waals surface area contributed by atoms with Gasteiger partial charge < -0.3 is 14.8 Å². The van der Waals surface area contributed by atoms with E-state index in [2.05, 4.69) is 5.32 Å². The van der Waals surface area contributed by atoms with E-state index in [1.165, 1.54) is 6.07 Å². The molecule has 0 bridgehead atoms. The van der Waals surface area contributed by atoms with Crippen molar-refractivity contribution in [2.45, 2.75) is 25.9 Å². The van der Waals surface area contributed by atoms with Crippen LogP contribution in [0.15, 0.2) is 42.5 Å². The third-order valence-corrected chi connectivity index (χ3v) is 4.24. The number of carbonyl (C=O) groups is 1. The van der Waals surface area contributed by atoms with Gasteiger partial charge in [-0.15, -0.1) is 0 Å². The quantitative estimate of drug-likeness (QED) is 0.629. The average molecular weight is 356 g/mol. The summed E-state index contributed by atoms with van der Waals surface area (Å²) in [5, 5.41) is 13.8. The normalized spacial score (nSPS) is 16.3. The Labute approximate surface area is 151 Å². The zero-order chi connectivity index (χ0) is 18.5. The van der Waals surface area contributed by atoms with Crippen molar-refractivity contribution in [2.75, 3.05) is 18.5 Å². The maximum atomic E-state index is 12.6. The van der Waals surface area contributed by atoms with Crippen LogP contribution in [-0.4, -0.2) is 30.1 Å². The predicted octanol–water partition coefficient (Wildman–Crippen LogP) is 3.71. The summed E-state index contributed by atoms with van der Waals surface area (Å²) in [5.41, 5.74) is 1.23. The van der Waals surface area contributed by atoms with E-state index >= 15 is 0 Å². The van der Waals surface area contributed by atoms with Crippen molar-refractivity contribution in [1.29, 1.82) is 0 Å². The first-order valence-electron chi connectivity index (χ1n) is 8.44. The Morgan fingerprint density at radius 1 is 1.35 bits per heavy atom. The molecule has 0 aliphatic carbocycles. The smallest absolute Gasteiger partial charge is 0.274 e. The standard InChI is InChI=1S/C19H20N2O5/c1-13-8-9-14(11-17(13)21(23)24)20-19(22)16-6-2-3-7-18(16)26-12-15-5-4-10-25-15/h2-3,6-9,11,15H,4-5,10,12H2,1H3,(H,20,22)/t15-/m0/s1. The van der Waals surface area contributed by atoms with Gasteiger partial charge in [0.15, 0.2) is 0 Å². The summed E-state index contributed by atoms with van der Waals surface area (Å²) in [6.45, 7) is 2.78. The van der Waals surface area contributed by atoms with E-state index in [1.54, 1.807) is 43.3 Å². The van der Waals surface area contributed by atoms with Crippen LogP contribution < -0.4 is 10.1 Å². The first-order chi connectivity index (χ1) is 12.5. The number of hydrogen-bond acceptors (Lipinski definition) is 5. The summed E-state index contributed by atoms with van der Waals surface area (Å²) in [6.07, 6.45) is 2.01. The first kappa shape index (κ1) is 17.9. The Kier molecular flexibility index (Phi) is 5.48. The molecule has 0 spiro atoms. The van der Waals surface area contributed by atoms with Gasteiger partial charge in [0, 0.05) is 23.9 Å². The molecular weight excluding hydrogens is 336 g/mol. The number of nitro benzene ring substituents is 1. The average Bonchev–Trinajstić information content (AvgIpc) is 3.15. The second-order valence-electron chi connectivity index (χ2n) is 6.15. The summed E-state index contributed by atoms with van der Waals surface area (Å²) in [6, 6.07) is 11.5. The van der Waals surface area contributed by atoms with E-state index in [1.807, 2.05) is 0 Å². The molecule has 7 heteroatoms. The number of nitro groups is 1. The van der Waals surface area contributed by atoms with Crippen LogP contribution >= 0.6 is 0 Å². The molecule has 7 nitrogen and oxygen atoms in total. The number of nitrogens with zero attached hydrogens (tertiary/aromatic N) is 1. The van der Waals surface area contributed by atoms with Crippen LogP contribution in [0.25, 0.3) is 0 Å². The molecule has 3 rings (SSSR count). The second kappa shape index (κ2) is 7.97. The summed E-state index contributed by atoms with van der Waals surface area (Å²) in [4.78, 5) is 23.2. The third kappa shape index (κ3) is 4.18. The maximum Gasteiger partial charge on any atom is 0.274 e. The van der Waals surface area contributed by atoms with Crippen molar-refractivity contribution in [2.24, 2.45) is 0 Å². The molecule has 1 atom stereocenters. The number of carbonyl (C=O) groups excluding carboxylic acids is 1. The molecule has 2 aromatic rings. The van der Waals surface area contributed by atoms with Gasteiger partial charge in [-0.2, -0.15) is 0 Å². The molecule has 26 heavy (non-hydrogen) atoms. The van der Waals surface area contributed by atoms with Crippen LogP contribution in [0.2, 0.25) is 0 Å². The minimum absolute atomic E-state index is 0.0364. The number of hydrogen-bond donors (Lipinski definition) is 1. The molecular formula is C19H20N2O5. The van der Waals surface area contributed by atoms with Crippen molar-refractivity contribution < 1.29 is 19.2 Å². The van der Waals surface area contributed by atoms with E-state index in [0.717, 1.165) is 19.4 Å². The number of para-hydroxylation sites is 1. The summed E-state index contributed by atoms with van der Waals surface area (Å²) in [7, 11) is 0. The molecule has 0 aromatic heterocycles. The van der Waals surface area contributed by atoms with Gasteiger partial charge in [-0.05, 0) is 38.0 Å². The van der Waals surface area contributed by atoms with Gasteiger partial charge in [0.05, 0.1) is 16.6 Å². The van der Waals surface area contributed by atoms with Gasteiger partial charge in [0.2, 0.25) is 0 Å². The van der Waals surface area contributed by atoms with Crippen LogP contribution in [0.4, 0.5) is 11.4 Å². The number of amides is 1. The maximum absolute atomic E-state index is 12.6. The molecule has 1 saturated heterocycles. The van der Waals surface area contributed by atoms with E-state index < -0.39 is 4.92 Å². The number of anilines is 1. The van der Waals surface area contributed by atoms with Gasteiger partial charge in [-0.1, -0.05) is 18.2 Å². The number of nitrogens with one attached hydrogen (secondary N) is 1. The van der Waals surface area contributed by atoms with E-state index in [0.29, 0.717) is 29.2 Å². The minimum Gasteiger partial charge on any atom is -0.490 e. The Hall–Kier alpha value is -2.93. The fourth-order valence-corrected chi connectivity index (χ4v) is 2.82. The van der Waals surface area contributed by atoms with Crippen molar-refractivity contribution in [3.63, 3.8) is 0 Å². The van der Waals surface area contributed by atoms with Gasteiger partial charge in [-0.3, -0.25) is 14.9 Å². The number of ether oxygens (including phenoxy) is 2. The van der Waals surface area contributed by atoms with Crippen molar-refractivity contribution in [3.05, 3.63) is 63.7 Å². The lowest BCUT2D eigenvalue weighted by Crippen LogP contribution is -2.19. The van der Waals surface area contributed by atoms with Gasteiger partial charge >= 0.3 is 0 Å². The molecule has 0 saturated carbocycles. The molecule has 2 aromatic carbocycles. The topological polar surface area (TPSA) is 90.7 Å². The molecule has 1 amide bonds. The van der Waals surface area contributed by atoms with Gasteiger partial charge in [0.25, 0.3) is 11.6 Å². The van der Waals surface area contributed by atoms with Crippen molar-refractivity contribution in [1.82, 2.24) is 0 Å². The summed E-state index contributed by atoms with van der Waals surface area (Å²) in [5.74, 6) is 0.0770. The Morgan fingerprint density at radius 2 is 2.15 bits per heavy atom. The highest BCUT2D eigenvalue weighted by molar-refractivity contribution is 6.06. The Bertz CT molecular complexity index is 815. The minimum atomic E-state index is -0.469. The number of aryl methyl sites for hydroxylation is 1. The van der Waals surface area contributed by atoms with E-state index in [9.17, 15) is 14.9 Å². The molecule has 1 heterocycles. The molecule has 1 fully saturated rings. The third-order valence-electron chi connectivity index (χ3n) is 4.24. The monoisotopic (exact) mass is 356 g/mol. The molecule has 136 valence electrons. The van der Waals surface area contributed by atoms with Crippen molar-refractivity contribution in [3.8, 4) is 5.75 Å². The lowest BCUT2D eigenvalue weighted by atomic mass is 10.1. The highest BCUT2D eigenvalue weighted by atomic mass is 16.6. The van der Waals surface area contributed by atoms with Crippen LogP contribution in [-0.2, 0) is 4.74 Å². The zero-order valence-electron chi connectivity index (χ0n) is 14.4. The summed E-state index contributed by atoms with van der Waals surface area (Å²) < 4.78 is 11.3. The highest BCUT2D eigenvalue weighted by Gasteiger charge is 2.19. The van der Waals surface area contributed by atoms with Gasteiger partial charge in [0.1, 0.15) is 12.4 Å². The number of benzene rings is 2. The fourth-order valence-electron chi connectivity index (χ4n) is 2.82. The predicted molar refractivity (Wildman–Crippen MR) is 96.7 cm³/mol. The molecule has 1 N–H and O–H groups in total. The SMILES string of the molecule is Cc1ccc(NC(=O)c2ccccc2OC[C@@H]2CCCO2)cc1[N+](=O)[O-]. The zero-order valence-corrected chi connectivity index (χ0v) is 14.4. The second-order valence-corrected chi connectivity index (χ2v) is 6.15. The van der Waals surface area contributed by atoms with Crippen LogP contribution in [0, 0.1) is 17.0 Å². The molecule has 0 unspecified atom stereocenters. The molecule has 1 aliphatic heterocycles. The van der Waals surface area contributed by atoms with E-state index in [4.69, 9.17) is 9.47 Å². The lowest BCUT2D eigenvalue weighted by molar-refractivity contribution is -0.385. The van der Waals surface area contributed by atoms with Crippen LogP contribution in [0.1, 0.15) is 28.8 Å². The fraction of sp³-hybridized carbons (Fsp3) is 0.316. The number of rotatable bonds is 6. The lowest BCUT2D eigenvalue weighted by Gasteiger charge is -2.14. The Morgan fingerprint density at radius 3 is 2.88 bits per heavy atom. The first-order valence-corrected chi connectivity index (χ1v) is 8.44. The summed E-state index contributed by atoms with van der Waals surface area (Å²) >= 11 is 0. The van der Waals surface area contributed by atoms with Crippen LogP contribution in [0.3, 0.4) is 0 Å². The Balaban J connectivity index is 1.73. The highest BCUT2D eigenvalue weighted by Crippen LogP contribution is 2.25. The largest absolute Gasteiger partial charge is 0.490 e. The molecule has 0 radical (unpaired) electrons. The molecule has 1 aliphatic rings. The van der Waals surface area contributed by atoms with Gasteiger partial charge in [-0.25, -0.2) is 0 Å². The van der Waals surface area contributed by atoms with Crippen LogP contribution in [0.5, 0.6) is 5.75 Å².